The van der Waals surface area contributed by atoms with Gasteiger partial charge in [0.1, 0.15) is 0 Å². The Balaban J connectivity index is 1.39. The number of aryl methyl sites for hydroxylation is 1. The number of benzene rings is 3. The first-order chi connectivity index (χ1) is 17.5. The average Bonchev–Trinajstić information content (AvgIpc) is 3.32. The minimum absolute atomic E-state index is 0.0717. The maximum Gasteiger partial charge on any atom is 0.267 e. The number of carbonyl (C=O) groups is 1. The molecule has 0 bridgehead atoms. The van der Waals surface area contributed by atoms with E-state index >= 15 is 0 Å². The van der Waals surface area contributed by atoms with Gasteiger partial charge in [0.05, 0.1) is 21.8 Å². The summed E-state index contributed by atoms with van der Waals surface area (Å²) < 4.78 is 3.48. The molecule has 1 amide bonds. The first-order valence-electron chi connectivity index (χ1n) is 12.0. The minimum Gasteiger partial charge on any atom is -0.337 e. The van der Waals surface area contributed by atoms with Crippen LogP contribution in [0.4, 0.5) is 0 Å². The molecule has 0 saturated carbocycles. The smallest absolute Gasteiger partial charge is 0.267 e. The van der Waals surface area contributed by atoms with Crippen LogP contribution in [0.3, 0.4) is 0 Å². The molecule has 0 radical (unpaired) electrons. The normalized spacial score (nSPS) is 14.2. The predicted octanol–water partition coefficient (Wildman–Crippen LogP) is 4.41. The summed E-state index contributed by atoms with van der Waals surface area (Å²) in [5.41, 5.74) is 4.92. The number of fused-ring (bicyclic) bond motifs is 4. The van der Waals surface area contributed by atoms with Gasteiger partial charge in [-0.3, -0.25) is 14.0 Å². The van der Waals surface area contributed by atoms with Gasteiger partial charge in [-0.15, -0.1) is 10.2 Å². The van der Waals surface area contributed by atoms with E-state index in [1.807, 2.05) is 83.8 Å². The Kier molecular flexibility index (Phi) is 5.60. The molecule has 0 saturated heterocycles. The predicted molar refractivity (Wildman–Crippen MR) is 142 cm³/mol. The van der Waals surface area contributed by atoms with Crippen LogP contribution in [0, 0.1) is 6.92 Å². The lowest BCUT2D eigenvalue weighted by Gasteiger charge is -2.30. The van der Waals surface area contributed by atoms with Gasteiger partial charge in [0.25, 0.3) is 5.56 Å². The van der Waals surface area contributed by atoms with E-state index in [-0.39, 0.29) is 16.7 Å². The van der Waals surface area contributed by atoms with Crippen molar-refractivity contribution < 1.29 is 4.79 Å². The van der Waals surface area contributed by atoms with E-state index in [0.29, 0.717) is 29.4 Å². The van der Waals surface area contributed by atoms with Crippen molar-refractivity contribution in [3.8, 4) is 5.69 Å². The lowest BCUT2D eigenvalue weighted by Crippen LogP contribution is -2.40. The number of para-hydroxylation sites is 1. The molecular weight excluding hydrogens is 470 g/mol. The molecule has 0 aliphatic carbocycles. The molecule has 1 aliphatic heterocycles. The summed E-state index contributed by atoms with van der Waals surface area (Å²) in [5, 5.41) is 9.64. The van der Waals surface area contributed by atoms with Crippen LogP contribution in [0.1, 0.15) is 23.6 Å². The summed E-state index contributed by atoms with van der Waals surface area (Å²) in [6.45, 7) is 5.24. The number of hydrogen-bond acceptors (Lipinski definition) is 5. The van der Waals surface area contributed by atoms with Crippen molar-refractivity contribution in [3.63, 3.8) is 0 Å². The van der Waals surface area contributed by atoms with Gasteiger partial charge in [0.2, 0.25) is 11.7 Å². The van der Waals surface area contributed by atoms with E-state index < -0.39 is 0 Å². The van der Waals surface area contributed by atoms with Crippen molar-refractivity contribution in [2.24, 2.45) is 0 Å². The van der Waals surface area contributed by atoms with E-state index in [1.54, 1.807) is 4.57 Å². The molecule has 3 heterocycles. The second-order valence-corrected chi connectivity index (χ2v) is 10.5. The molecule has 1 aliphatic rings. The number of amides is 1. The van der Waals surface area contributed by atoms with Crippen LogP contribution < -0.4 is 5.56 Å². The van der Waals surface area contributed by atoms with E-state index in [9.17, 15) is 9.59 Å². The summed E-state index contributed by atoms with van der Waals surface area (Å²) in [6, 6.07) is 23.5. The lowest BCUT2D eigenvalue weighted by molar-refractivity contribution is -0.131. The van der Waals surface area contributed by atoms with Crippen molar-refractivity contribution in [1.82, 2.24) is 24.1 Å². The van der Waals surface area contributed by atoms with Crippen LogP contribution in [-0.2, 0) is 17.8 Å². The molecule has 3 aromatic carbocycles. The minimum atomic E-state index is -0.360. The third-order valence-corrected chi connectivity index (χ3v) is 7.79. The fraction of sp³-hybridized carbons (Fsp3) is 0.214. The van der Waals surface area contributed by atoms with Crippen molar-refractivity contribution >= 4 is 34.3 Å². The second-order valence-electron chi connectivity index (χ2n) is 9.15. The summed E-state index contributed by atoms with van der Waals surface area (Å²) in [6.07, 6.45) is 0.862. The largest absolute Gasteiger partial charge is 0.337 e. The lowest BCUT2D eigenvalue weighted by atomic mass is 10.00. The Labute approximate surface area is 212 Å². The van der Waals surface area contributed by atoms with Gasteiger partial charge in [0, 0.05) is 13.1 Å². The topological polar surface area (TPSA) is 72.5 Å². The highest BCUT2D eigenvalue weighted by Gasteiger charge is 2.27. The fourth-order valence-corrected chi connectivity index (χ4v) is 5.77. The number of rotatable bonds is 4. The van der Waals surface area contributed by atoms with Gasteiger partial charge in [-0.2, -0.15) is 0 Å². The average molecular weight is 496 g/mol. The summed E-state index contributed by atoms with van der Waals surface area (Å²) >= 11 is 1.37. The van der Waals surface area contributed by atoms with Gasteiger partial charge in [-0.05, 0) is 55.7 Å². The van der Waals surface area contributed by atoms with Crippen molar-refractivity contribution in [3.05, 3.63) is 99.8 Å². The summed E-state index contributed by atoms with van der Waals surface area (Å²) in [7, 11) is 0. The van der Waals surface area contributed by atoms with Crippen LogP contribution in [-0.4, -0.2) is 41.8 Å². The molecular formula is C28H25N5O2S. The summed E-state index contributed by atoms with van der Waals surface area (Å²) in [4.78, 5) is 28.8. The number of nitrogens with zero attached hydrogens (tertiary/aromatic N) is 5. The van der Waals surface area contributed by atoms with Crippen molar-refractivity contribution in [2.75, 3.05) is 6.54 Å². The molecule has 0 N–H and O–H groups in total. The molecule has 36 heavy (non-hydrogen) atoms. The van der Waals surface area contributed by atoms with Crippen LogP contribution in [0.15, 0.2) is 82.7 Å². The molecule has 1 unspecified atom stereocenters. The fourth-order valence-electron chi connectivity index (χ4n) is 4.83. The molecule has 6 rings (SSSR count). The van der Waals surface area contributed by atoms with Crippen molar-refractivity contribution in [2.45, 2.75) is 37.2 Å². The van der Waals surface area contributed by atoms with E-state index in [4.69, 9.17) is 0 Å². The highest BCUT2D eigenvalue weighted by Crippen LogP contribution is 2.28. The zero-order valence-corrected chi connectivity index (χ0v) is 20.9. The van der Waals surface area contributed by atoms with Crippen molar-refractivity contribution in [1.29, 1.82) is 0 Å². The number of carbonyl (C=O) groups excluding carboxylic acids is 1. The SMILES string of the molecule is Cc1ccc(-n2c(=O)c3ccccc3n3c(SC(C)C(=O)N4CCc5ccccc5C4)nnc23)cc1. The van der Waals surface area contributed by atoms with Crippen LogP contribution >= 0.6 is 11.8 Å². The number of thioether (sulfide) groups is 1. The molecule has 2 aromatic heterocycles. The molecule has 5 aromatic rings. The van der Waals surface area contributed by atoms with Gasteiger partial charge >= 0.3 is 0 Å². The molecule has 180 valence electrons. The first kappa shape index (κ1) is 22.5. The molecule has 8 heteroatoms. The van der Waals surface area contributed by atoms with Gasteiger partial charge < -0.3 is 4.90 Å². The highest BCUT2D eigenvalue weighted by atomic mass is 32.2. The summed E-state index contributed by atoms with van der Waals surface area (Å²) in [5.74, 6) is 0.499. The second kappa shape index (κ2) is 8.95. The Morgan fingerprint density at radius 3 is 2.47 bits per heavy atom. The monoisotopic (exact) mass is 495 g/mol. The molecule has 7 nitrogen and oxygen atoms in total. The van der Waals surface area contributed by atoms with Crippen LogP contribution in [0.2, 0.25) is 0 Å². The Morgan fingerprint density at radius 1 is 0.944 bits per heavy atom. The Morgan fingerprint density at radius 2 is 1.67 bits per heavy atom. The van der Waals surface area contributed by atoms with Gasteiger partial charge in [-0.1, -0.05) is 65.9 Å². The zero-order chi connectivity index (χ0) is 24.8. The standard InChI is InChI=1S/C28H25N5O2S/c1-18-11-13-22(14-12-18)32-26(35)23-9-5-6-10-24(23)33-27(32)29-30-28(33)36-19(2)25(34)31-16-15-20-7-3-4-8-21(20)17-31/h3-14,19H,15-17H2,1-2H3. The van der Waals surface area contributed by atoms with E-state index in [1.165, 1.54) is 22.9 Å². The molecule has 0 fully saturated rings. The third kappa shape index (κ3) is 3.78. The number of aromatic nitrogens is 4. The van der Waals surface area contributed by atoms with Crippen LogP contribution in [0.25, 0.3) is 22.4 Å². The maximum absolute atomic E-state index is 13.5. The highest BCUT2D eigenvalue weighted by molar-refractivity contribution is 8.00. The molecule has 1 atom stereocenters. The Bertz CT molecular complexity index is 1670. The zero-order valence-electron chi connectivity index (χ0n) is 20.1. The first-order valence-corrected chi connectivity index (χ1v) is 12.9. The Hall–Kier alpha value is -3.91. The van der Waals surface area contributed by atoms with Gasteiger partial charge in [-0.25, -0.2) is 4.57 Å². The number of hydrogen-bond donors (Lipinski definition) is 0. The van der Waals surface area contributed by atoms with Crippen LogP contribution in [0.5, 0.6) is 0 Å². The maximum atomic E-state index is 13.5. The third-order valence-electron chi connectivity index (χ3n) is 6.76. The van der Waals surface area contributed by atoms with E-state index in [2.05, 4.69) is 22.3 Å². The quantitative estimate of drug-likeness (QED) is 0.346. The van der Waals surface area contributed by atoms with E-state index in [0.717, 1.165) is 23.2 Å². The van der Waals surface area contributed by atoms with Gasteiger partial charge in [0.15, 0.2) is 5.16 Å². The molecule has 0 spiro atoms.